The van der Waals surface area contributed by atoms with E-state index in [2.05, 4.69) is 4.90 Å². The van der Waals surface area contributed by atoms with E-state index in [-0.39, 0.29) is 5.25 Å². The third-order valence-electron chi connectivity index (χ3n) is 5.06. The summed E-state index contributed by atoms with van der Waals surface area (Å²) in [7, 11) is -1.17. The molecular weight excluding hydrogens is 276 g/mol. The highest BCUT2D eigenvalue weighted by Crippen LogP contribution is 2.33. The zero-order valence-corrected chi connectivity index (χ0v) is 13.1. The molecule has 3 fully saturated rings. The highest BCUT2D eigenvalue weighted by molar-refractivity contribution is 7.90. The maximum atomic E-state index is 12.2. The van der Waals surface area contributed by atoms with E-state index in [1.807, 2.05) is 0 Å². The van der Waals surface area contributed by atoms with Gasteiger partial charge in [-0.3, -0.25) is 0 Å². The number of hydrogen-bond acceptors (Lipinski definition) is 4. The summed E-state index contributed by atoms with van der Waals surface area (Å²) >= 11 is 0. The number of sulfonamides is 1. The summed E-state index contributed by atoms with van der Waals surface area (Å²) in [5.41, 5.74) is 0. The van der Waals surface area contributed by atoms with Gasteiger partial charge in [-0.1, -0.05) is 0 Å². The van der Waals surface area contributed by atoms with Crippen LogP contribution in [0.2, 0.25) is 0 Å². The van der Waals surface area contributed by atoms with E-state index in [9.17, 15) is 8.42 Å². The Hall–Kier alpha value is -0.170. The molecule has 1 aliphatic carbocycles. The smallest absolute Gasteiger partial charge is 0.216 e. The van der Waals surface area contributed by atoms with Gasteiger partial charge in [0.25, 0.3) is 0 Å². The third kappa shape index (κ3) is 3.03. The molecule has 3 rings (SSSR count). The van der Waals surface area contributed by atoms with Gasteiger partial charge in [0.2, 0.25) is 10.0 Å². The third-order valence-corrected chi connectivity index (χ3v) is 7.45. The predicted molar refractivity (Wildman–Crippen MR) is 78.1 cm³/mol. The van der Waals surface area contributed by atoms with Gasteiger partial charge >= 0.3 is 0 Å². The molecule has 0 unspecified atom stereocenters. The minimum absolute atomic E-state index is 0.0588. The van der Waals surface area contributed by atoms with Crippen LogP contribution < -0.4 is 0 Å². The van der Waals surface area contributed by atoms with Crippen LogP contribution in [-0.2, 0) is 14.8 Å². The van der Waals surface area contributed by atoms with E-state index in [4.69, 9.17) is 4.74 Å². The molecule has 3 aliphatic rings. The van der Waals surface area contributed by atoms with Crippen molar-refractivity contribution in [2.24, 2.45) is 0 Å². The first-order valence-corrected chi connectivity index (χ1v) is 9.37. The predicted octanol–water partition coefficient (Wildman–Crippen LogP) is 1.05. The van der Waals surface area contributed by atoms with Gasteiger partial charge in [0, 0.05) is 39.3 Å². The quantitative estimate of drug-likeness (QED) is 0.779. The summed E-state index contributed by atoms with van der Waals surface area (Å²) in [6.45, 7) is 3.62. The van der Waals surface area contributed by atoms with E-state index < -0.39 is 10.0 Å². The van der Waals surface area contributed by atoms with E-state index in [1.165, 1.54) is 0 Å². The van der Waals surface area contributed by atoms with Crippen molar-refractivity contribution in [1.82, 2.24) is 9.21 Å². The Morgan fingerprint density at radius 3 is 2.00 bits per heavy atom. The lowest BCUT2D eigenvalue weighted by atomic mass is 10.00. The second-order valence-corrected chi connectivity index (χ2v) is 8.56. The standard InChI is InChI=1S/C14H26N2O3S/c1-19-13-6-8-15(9-7-13)12-4-10-16(11-5-12)20(17,18)14-2-3-14/h12-14H,2-11H2,1H3. The van der Waals surface area contributed by atoms with Crippen molar-refractivity contribution in [3.8, 4) is 0 Å². The molecule has 1 saturated carbocycles. The largest absolute Gasteiger partial charge is 0.381 e. The lowest BCUT2D eigenvalue weighted by Gasteiger charge is -2.41. The fourth-order valence-corrected chi connectivity index (χ4v) is 5.39. The molecule has 0 bridgehead atoms. The van der Waals surface area contributed by atoms with Crippen molar-refractivity contribution < 1.29 is 13.2 Å². The monoisotopic (exact) mass is 302 g/mol. The molecule has 0 aromatic rings. The molecule has 2 heterocycles. The Balaban J connectivity index is 1.49. The lowest BCUT2D eigenvalue weighted by molar-refractivity contribution is 0.0190. The zero-order chi connectivity index (χ0) is 14.2. The number of hydrogen-bond donors (Lipinski definition) is 0. The van der Waals surface area contributed by atoms with Gasteiger partial charge in [-0.25, -0.2) is 12.7 Å². The fourth-order valence-electron chi connectivity index (χ4n) is 3.52. The minimum Gasteiger partial charge on any atom is -0.381 e. The van der Waals surface area contributed by atoms with Crippen LogP contribution in [0.1, 0.15) is 38.5 Å². The summed E-state index contributed by atoms with van der Waals surface area (Å²) < 4.78 is 31.6. The molecule has 0 aromatic carbocycles. The van der Waals surface area contributed by atoms with Crippen molar-refractivity contribution >= 4 is 10.0 Å². The lowest BCUT2D eigenvalue weighted by Crippen LogP contribution is -2.50. The van der Waals surface area contributed by atoms with Crippen LogP contribution in [0.3, 0.4) is 0 Å². The summed E-state index contributed by atoms with van der Waals surface area (Å²) in [5, 5.41) is -0.0588. The van der Waals surface area contributed by atoms with Gasteiger partial charge in [0.1, 0.15) is 0 Å². The Bertz CT molecular complexity index is 420. The normalized spacial score (nSPS) is 28.9. The molecule has 116 valence electrons. The van der Waals surface area contributed by atoms with Gasteiger partial charge < -0.3 is 9.64 Å². The van der Waals surface area contributed by atoms with Crippen LogP contribution in [0.15, 0.2) is 0 Å². The molecule has 0 radical (unpaired) electrons. The average molecular weight is 302 g/mol. The van der Waals surface area contributed by atoms with Crippen LogP contribution in [0.25, 0.3) is 0 Å². The van der Waals surface area contributed by atoms with Crippen molar-refractivity contribution in [3.05, 3.63) is 0 Å². The summed E-state index contributed by atoms with van der Waals surface area (Å²) in [6.07, 6.45) is 6.35. The molecule has 20 heavy (non-hydrogen) atoms. The maximum absolute atomic E-state index is 12.2. The van der Waals surface area contributed by atoms with Crippen molar-refractivity contribution in [1.29, 1.82) is 0 Å². The molecule has 0 N–H and O–H groups in total. The first-order chi connectivity index (χ1) is 9.61. The summed E-state index contributed by atoms with van der Waals surface area (Å²) in [6, 6.07) is 0.568. The van der Waals surface area contributed by atoms with Crippen LogP contribution in [-0.4, -0.2) is 68.3 Å². The molecular formula is C14H26N2O3S. The number of likely N-dealkylation sites (tertiary alicyclic amines) is 1. The molecule has 0 aromatic heterocycles. The van der Waals surface area contributed by atoms with Crippen LogP contribution >= 0.6 is 0 Å². The van der Waals surface area contributed by atoms with E-state index in [0.29, 0.717) is 25.2 Å². The van der Waals surface area contributed by atoms with Gasteiger partial charge in [0.05, 0.1) is 11.4 Å². The highest BCUT2D eigenvalue weighted by Gasteiger charge is 2.41. The molecule has 2 saturated heterocycles. The molecule has 0 spiro atoms. The van der Waals surface area contributed by atoms with Gasteiger partial charge in [-0.05, 0) is 38.5 Å². The number of nitrogens with zero attached hydrogens (tertiary/aromatic N) is 2. The molecule has 5 nitrogen and oxygen atoms in total. The number of rotatable bonds is 4. The van der Waals surface area contributed by atoms with E-state index in [1.54, 1.807) is 11.4 Å². The zero-order valence-electron chi connectivity index (χ0n) is 12.3. The summed E-state index contributed by atoms with van der Waals surface area (Å²) in [4.78, 5) is 2.54. The van der Waals surface area contributed by atoms with Crippen molar-refractivity contribution in [2.45, 2.75) is 55.9 Å². The van der Waals surface area contributed by atoms with E-state index >= 15 is 0 Å². The van der Waals surface area contributed by atoms with Crippen LogP contribution in [0.4, 0.5) is 0 Å². The molecule has 0 amide bonds. The maximum Gasteiger partial charge on any atom is 0.216 e. The second kappa shape index (κ2) is 5.91. The topological polar surface area (TPSA) is 49.9 Å². The Morgan fingerprint density at radius 1 is 0.900 bits per heavy atom. The number of piperidine rings is 2. The molecule has 6 heteroatoms. The van der Waals surface area contributed by atoms with Crippen molar-refractivity contribution in [2.75, 3.05) is 33.3 Å². The fraction of sp³-hybridized carbons (Fsp3) is 1.00. The Morgan fingerprint density at radius 2 is 1.50 bits per heavy atom. The first kappa shape index (κ1) is 14.8. The number of ether oxygens (including phenoxy) is 1. The average Bonchev–Trinajstić information content (AvgIpc) is 3.33. The first-order valence-electron chi connectivity index (χ1n) is 7.87. The van der Waals surface area contributed by atoms with Gasteiger partial charge in [-0.15, -0.1) is 0 Å². The van der Waals surface area contributed by atoms with Gasteiger partial charge in [0.15, 0.2) is 0 Å². The Labute approximate surface area is 122 Å². The summed E-state index contributed by atoms with van der Waals surface area (Å²) in [5.74, 6) is 0. The van der Waals surface area contributed by atoms with E-state index in [0.717, 1.165) is 51.6 Å². The van der Waals surface area contributed by atoms with Crippen LogP contribution in [0.5, 0.6) is 0 Å². The van der Waals surface area contributed by atoms with Crippen LogP contribution in [0, 0.1) is 0 Å². The molecule has 0 atom stereocenters. The Kier molecular flexibility index (Phi) is 4.36. The van der Waals surface area contributed by atoms with Crippen molar-refractivity contribution in [3.63, 3.8) is 0 Å². The van der Waals surface area contributed by atoms with Gasteiger partial charge in [-0.2, -0.15) is 0 Å². The SMILES string of the molecule is COC1CCN(C2CCN(S(=O)(=O)C3CC3)CC2)CC1. The molecule has 2 aliphatic heterocycles. The minimum atomic E-state index is -2.96. The second-order valence-electron chi connectivity index (χ2n) is 6.35. The highest BCUT2D eigenvalue weighted by atomic mass is 32.2. The number of methoxy groups -OCH3 is 1.